The Morgan fingerprint density at radius 2 is 2.29 bits per heavy atom. The van der Waals surface area contributed by atoms with E-state index in [2.05, 4.69) is 28.9 Å². The van der Waals surface area contributed by atoms with Crippen LogP contribution < -0.4 is 0 Å². The summed E-state index contributed by atoms with van der Waals surface area (Å²) in [5.41, 5.74) is 1.18. The predicted molar refractivity (Wildman–Crippen MR) is 58.1 cm³/mol. The SMILES string of the molecule is C[C@@H](OCc1ccccc1Br)[C@H]1CO1. The molecule has 1 fully saturated rings. The van der Waals surface area contributed by atoms with Crippen LogP contribution in [-0.4, -0.2) is 18.8 Å². The summed E-state index contributed by atoms with van der Waals surface area (Å²) in [6.07, 6.45) is 0.514. The molecule has 0 spiro atoms. The minimum absolute atomic E-state index is 0.196. The van der Waals surface area contributed by atoms with Crippen molar-refractivity contribution in [2.75, 3.05) is 6.61 Å². The molecule has 0 saturated carbocycles. The molecular formula is C11H13BrO2. The zero-order valence-electron chi connectivity index (χ0n) is 8.07. The summed E-state index contributed by atoms with van der Waals surface area (Å²) in [5.74, 6) is 0. The van der Waals surface area contributed by atoms with Crippen molar-refractivity contribution in [3.05, 3.63) is 34.3 Å². The highest BCUT2D eigenvalue weighted by Gasteiger charge is 2.30. The Kier molecular flexibility index (Phi) is 3.21. The second-order valence-corrected chi connectivity index (χ2v) is 4.33. The van der Waals surface area contributed by atoms with Crippen molar-refractivity contribution in [3.63, 3.8) is 0 Å². The van der Waals surface area contributed by atoms with E-state index in [0.29, 0.717) is 12.7 Å². The van der Waals surface area contributed by atoms with E-state index in [4.69, 9.17) is 9.47 Å². The number of benzene rings is 1. The van der Waals surface area contributed by atoms with Gasteiger partial charge < -0.3 is 9.47 Å². The molecule has 3 heteroatoms. The molecule has 0 bridgehead atoms. The Balaban J connectivity index is 1.87. The van der Waals surface area contributed by atoms with Gasteiger partial charge in [0, 0.05) is 4.47 Å². The number of hydrogen-bond acceptors (Lipinski definition) is 2. The van der Waals surface area contributed by atoms with Crippen molar-refractivity contribution in [1.82, 2.24) is 0 Å². The molecule has 2 nitrogen and oxygen atoms in total. The summed E-state index contributed by atoms with van der Waals surface area (Å²) in [6.45, 7) is 3.54. The third kappa shape index (κ3) is 2.56. The lowest BCUT2D eigenvalue weighted by atomic mass is 10.2. The normalized spacial score (nSPS) is 22.0. The van der Waals surface area contributed by atoms with E-state index in [9.17, 15) is 0 Å². The number of epoxide rings is 1. The van der Waals surface area contributed by atoms with Crippen LogP contribution in [0.1, 0.15) is 12.5 Å². The lowest BCUT2D eigenvalue weighted by molar-refractivity contribution is 0.0337. The van der Waals surface area contributed by atoms with Gasteiger partial charge in [0.25, 0.3) is 0 Å². The summed E-state index contributed by atoms with van der Waals surface area (Å²) < 4.78 is 11.9. The second kappa shape index (κ2) is 4.43. The van der Waals surface area contributed by atoms with E-state index in [1.165, 1.54) is 5.56 Å². The molecule has 2 rings (SSSR count). The molecule has 1 aromatic rings. The molecule has 0 unspecified atom stereocenters. The van der Waals surface area contributed by atoms with Crippen LogP contribution in [0, 0.1) is 0 Å². The van der Waals surface area contributed by atoms with Gasteiger partial charge in [0.2, 0.25) is 0 Å². The molecule has 1 heterocycles. The first kappa shape index (κ1) is 10.1. The molecule has 1 aliphatic rings. The largest absolute Gasteiger partial charge is 0.371 e. The molecule has 1 saturated heterocycles. The van der Waals surface area contributed by atoms with E-state index in [1.54, 1.807) is 0 Å². The Hall–Kier alpha value is -0.380. The predicted octanol–water partition coefficient (Wildman–Crippen LogP) is 2.75. The van der Waals surface area contributed by atoms with Crippen molar-refractivity contribution < 1.29 is 9.47 Å². The average Bonchev–Trinajstić information content (AvgIpc) is 2.99. The van der Waals surface area contributed by atoms with E-state index in [-0.39, 0.29) is 6.10 Å². The summed E-state index contributed by atoms with van der Waals surface area (Å²) in [5, 5.41) is 0. The molecule has 2 atom stereocenters. The number of rotatable bonds is 4. The van der Waals surface area contributed by atoms with Gasteiger partial charge in [-0.3, -0.25) is 0 Å². The second-order valence-electron chi connectivity index (χ2n) is 3.48. The van der Waals surface area contributed by atoms with Gasteiger partial charge in [0.1, 0.15) is 6.10 Å². The minimum Gasteiger partial charge on any atom is -0.371 e. The van der Waals surface area contributed by atoms with Gasteiger partial charge >= 0.3 is 0 Å². The number of ether oxygens (including phenoxy) is 2. The van der Waals surface area contributed by atoms with Gasteiger partial charge in [-0.15, -0.1) is 0 Å². The standard InChI is InChI=1S/C11H13BrO2/c1-8(11-7-14-11)13-6-9-4-2-3-5-10(9)12/h2-5,8,11H,6-7H2,1H3/t8-,11-/m1/s1. The number of hydrogen-bond donors (Lipinski definition) is 0. The lowest BCUT2D eigenvalue weighted by Crippen LogP contribution is -2.15. The van der Waals surface area contributed by atoms with Gasteiger partial charge in [-0.2, -0.15) is 0 Å². The Labute approximate surface area is 92.3 Å². The summed E-state index contributed by atoms with van der Waals surface area (Å²) in [6, 6.07) is 8.10. The Morgan fingerprint density at radius 3 is 2.93 bits per heavy atom. The monoisotopic (exact) mass is 256 g/mol. The fraction of sp³-hybridized carbons (Fsp3) is 0.455. The molecule has 0 amide bonds. The van der Waals surface area contributed by atoms with Crippen LogP contribution in [0.2, 0.25) is 0 Å². The first-order valence-corrected chi connectivity index (χ1v) is 5.53. The zero-order chi connectivity index (χ0) is 9.97. The fourth-order valence-corrected chi connectivity index (χ4v) is 1.67. The van der Waals surface area contributed by atoms with Crippen molar-refractivity contribution in [1.29, 1.82) is 0 Å². The van der Waals surface area contributed by atoms with Crippen molar-refractivity contribution in [2.45, 2.75) is 25.7 Å². The van der Waals surface area contributed by atoms with Crippen LogP contribution in [0.5, 0.6) is 0 Å². The minimum atomic E-state index is 0.196. The first-order valence-electron chi connectivity index (χ1n) is 4.74. The maximum absolute atomic E-state index is 5.68. The van der Waals surface area contributed by atoms with Gasteiger partial charge in [0.05, 0.1) is 19.3 Å². The van der Waals surface area contributed by atoms with Crippen LogP contribution in [0.3, 0.4) is 0 Å². The summed E-state index contributed by atoms with van der Waals surface area (Å²) in [4.78, 5) is 0. The summed E-state index contributed by atoms with van der Waals surface area (Å²) >= 11 is 3.49. The lowest BCUT2D eigenvalue weighted by Gasteiger charge is -2.11. The molecule has 1 aromatic carbocycles. The van der Waals surface area contributed by atoms with Crippen molar-refractivity contribution >= 4 is 15.9 Å². The molecule has 0 radical (unpaired) electrons. The Morgan fingerprint density at radius 1 is 1.57 bits per heavy atom. The van der Waals surface area contributed by atoms with Gasteiger partial charge in [-0.05, 0) is 18.6 Å². The van der Waals surface area contributed by atoms with Crippen LogP contribution >= 0.6 is 15.9 Å². The molecule has 0 aromatic heterocycles. The molecular weight excluding hydrogens is 244 g/mol. The van der Waals surface area contributed by atoms with Crippen LogP contribution in [0.4, 0.5) is 0 Å². The topological polar surface area (TPSA) is 21.8 Å². The maximum atomic E-state index is 5.68. The maximum Gasteiger partial charge on any atom is 0.107 e. The first-order chi connectivity index (χ1) is 6.77. The van der Waals surface area contributed by atoms with Gasteiger partial charge in [0.15, 0.2) is 0 Å². The zero-order valence-corrected chi connectivity index (χ0v) is 9.66. The van der Waals surface area contributed by atoms with E-state index < -0.39 is 0 Å². The quantitative estimate of drug-likeness (QED) is 0.773. The van der Waals surface area contributed by atoms with Crippen LogP contribution in [0.15, 0.2) is 28.7 Å². The highest BCUT2D eigenvalue weighted by Crippen LogP contribution is 2.21. The molecule has 1 aliphatic heterocycles. The van der Waals surface area contributed by atoms with Crippen molar-refractivity contribution in [2.24, 2.45) is 0 Å². The molecule has 0 N–H and O–H groups in total. The van der Waals surface area contributed by atoms with E-state index in [1.807, 2.05) is 18.2 Å². The van der Waals surface area contributed by atoms with E-state index >= 15 is 0 Å². The summed E-state index contributed by atoms with van der Waals surface area (Å²) in [7, 11) is 0. The molecule has 76 valence electrons. The smallest absolute Gasteiger partial charge is 0.107 e. The van der Waals surface area contributed by atoms with Crippen molar-refractivity contribution in [3.8, 4) is 0 Å². The van der Waals surface area contributed by atoms with Gasteiger partial charge in [-0.25, -0.2) is 0 Å². The number of halogens is 1. The highest BCUT2D eigenvalue weighted by atomic mass is 79.9. The van der Waals surface area contributed by atoms with Crippen LogP contribution in [-0.2, 0) is 16.1 Å². The fourth-order valence-electron chi connectivity index (χ4n) is 1.27. The van der Waals surface area contributed by atoms with E-state index in [0.717, 1.165) is 11.1 Å². The molecule has 14 heavy (non-hydrogen) atoms. The Bertz CT molecular complexity index is 310. The third-order valence-corrected chi connectivity index (χ3v) is 3.12. The third-order valence-electron chi connectivity index (χ3n) is 2.34. The molecule has 0 aliphatic carbocycles. The highest BCUT2D eigenvalue weighted by molar-refractivity contribution is 9.10. The average molecular weight is 257 g/mol. The van der Waals surface area contributed by atoms with Crippen LogP contribution in [0.25, 0.3) is 0 Å². The van der Waals surface area contributed by atoms with Gasteiger partial charge in [-0.1, -0.05) is 34.1 Å².